The first-order valence-electron chi connectivity index (χ1n) is 6.34. The SMILES string of the molecule is CCCCCCC(=N)C(=O)c1ccc(C)cc1. The zero-order valence-corrected chi connectivity index (χ0v) is 10.8. The lowest BCUT2D eigenvalue weighted by molar-refractivity contribution is 0.106. The van der Waals surface area contributed by atoms with Crippen molar-refractivity contribution in [1.82, 2.24) is 0 Å². The molecular weight excluding hydrogens is 210 g/mol. The summed E-state index contributed by atoms with van der Waals surface area (Å²) in [5.74, 6) is -0.124. The summed E-state index contributed by atoms with van der Waals surface area (Å²) >= 11 is 0. The van der Waals surface area contributed by atoms with Crippen molar-refractivity contribution in [2.75, 3.05) is 0 Å². The van der Waals surface area contributed by atoms with Gasteiger partial charge in [-0.3, -0.25) is 4.79 Å². The van der Waals surface area contributed by atoms with E-state index < -0.39 is 0 Å². The topological polar surface area (TPSA) is 40.9 Å². The predicted molar refractivity (Wildman–Crippen MR) is 72.0 cm³/mol. The Morgan fingerprint density at radius 3 is 2.35 bits per heavy atom. The number of benzene rings is 1. The summed E-state index contributed by atoms with van der Waals surface area (Å²) in [6.45, 7) is 4.15. The fourth-order valence-electron chi connectivity index (χ4n) is 1.72. The van der Waals surface area contributed by atoms with Crippen LogP contribution in [0.15, 0.2) is 24.3 Å². The molecule has 1 N–H and O–H groups in total. The first-order chi connectivity index (χ1) is 8.15. The van der Waals surface area contributed by atoms with E-state index in [0.29, 0.717) is 12.0 Å². The van der Waals surface area contributed by atoms with E-state index in [1.54, 1.807) is 12.1 Å². The Kier molecular flexibility index (Phi) is 5.61. The molecule has 2 nitrogen and oxygen atoms in total. The number of aryl methyl sites for hydroxylation is 1. The standard InChI is InChI=1S/C15H21NO/c1-3-4-5-6-7-14(16)15(17)13-10-8-12(2)9-11-13/h8-11,16H,3-7H2,1-2H3. The van der Waals surface area contributed by atoms with Crippen LogP contribution in [0.1, 0.15) is 54.9 Å². The first-order valence-corrected chi connectivity index (χ1v) is 6.34. The second-order valence-electron chi connectivity index (χ2n) is 4.48. The van der Waals surface area contributed by atoms with E-state index in [1.807, 2.05) is 19.1 Å². The first kappa shape index (κ1) is 13.6. The van der Waals surface area contributed by atoms with Crippen LogP contribution < -0.4 is 0 Å². The highest BCUT2D eigenvalue weighted by Crippen LogP contribution is 2.09. The summed E-state index contributed by atoms with van der Waals surface area (Å²) in [5, 5.41) is 7.77. The summed E-state index contributed by atoms with van der Waals surface area (Å²) in [7, 11) is 0. The smallest absolute Gasteiger partial charge is 0.206 e. The summed E-state index contributed by atoms with van der Waals surface area (Å²) in [6, 6.07) is 7.44. The average Bonchev–Trinajstić information content (AvgIpc) is 2.34. The number of hydrogen-bond acceptors (Lipinski definition) is 2. The van der Waals surface area contributed by atoms with E-state index in [4.69, 9.17) is 5.41 Å². The molecule has 0 aromatic heterocycles. The van der Waals surface area contributed by atoms with Gasteiger partial charge in [0.2, 0.25) is 5.78 Å². The maximum atomic E-state index is 11.9. The molecule has 0 heterocycles. The molecule has 0 saturated carbocycles. The molecule has 1 aromatic rings. The molecule has 0 atom stereocenters. The van der Waals surface area contributed by atoms with Crippen LogP contribution >= 0.6 is 0 Å². The monoisotopic (exact) mass is 231 g/mol. The molecule has 0 amide bonds. The van der Waals surface area contributed by atoms with Crippen molar-refractivity contribution in [2.45, 2.75) is 46.0 Å². The molecule has 0 radical (unpaired) electrons. The maximum absolute atomic E-state index is 11.9. The van der Waals surface area contributed by atoms with Gasteiger partial charge in [-0.15, -0.1) is 0 Å². The molecule has 0 spiro atoms. The van der Waals surface area contributed by atoms with Crippen molar-refractivity contribution in [3.63, 3.8) is 0 Å². The van der Waals surface area contributed by atoms with Gasteiger partial charge in [0.05, 0.1) is 5.71 Å². The van der Waals surface area contributed by atoms with Crippen LogP contribution in [-0.2, 0) is 0 Å². The third kappa shape index (κ3) is 4.51. The van der Waals surface area contributed by atoms with Crippen molar-refractivity contribution >= 4 is 11.5 Å². The molecule has 0 saturated heterocycles. The average molecular weight is 231 g/mol. The normalized spacial score (nSPS) is 10.2. The van der Waals surface area contributed by atoms with E-state index >= 15 is 0 Å². The number of unbranched alkanes of at least 4 members (excludes halogenated alkanes) is 3. The number of carbonyl (C=O) groups is 1. The highest BCUT2D eigenvalue weighted by Gasteiger charge is 2.11. The minimum Gasteiger partial charge on any atom is -0.301 e. The van der Waals surface area contributed by atoms with Crippen molar-refractivity contribution in [3.8, 4) is 0 Å². The highest BCUT2D eigenvalue weighted by atomic mass is 16.1. The molecule has 1 aromatic carbocycles. The third-order valence-corrected chi connectivity index (χ3v) is 2.87. The van der Waals surface area contributed by atoms with Gasteiger partial charge in [-0.1, -0.05) is 56.0 Å². The lowest BCUT2D eigenvalue weighted by atomic mass is 10.0. The van der Waals surface area contributed by atoms with Crippen molar-refractivity contribution in [1.29, 1.82) is 5.41 Å². The molecule has 0 aliphatic rings. The van der Waals surface area contributed by atoms with Gasteiger partial charge in [0.15, 0.2) is 0 Å². The molecule has 17 heavy (non-hydrogen) atoms. The highest BCUT2D eigenvalue weighted by molar-refractivity contribution is 6.44. The molecule has 0 aliphatic heterocycles. The van der Waals surface area contributed by atoms with E-state index in [0.717, 1.165) is 18.4 Å². The van der Waals surface area contributed by atoms with Crippen LogP contribution in [0.25, 0.3) is 0 Å². The van der Waals surface area contributed by atoms with Gasteiger partial charge < -0.3 is 5.41 Å². The lowest BCUT2D eigenvalue weighted by Crippen LogP contribution is -2.12. The third-order valence-electron chi connectivity index (χ3n) is 2.87. The molecule has 2 heteroatoms. The van der Waals surface area contributed by atoms with Crippen LogP contribution in [0.3, 0.4) is 0 Å². The largest absolute Gasteiger partial charge is 0.301 e. The fraction of sp³-hybridized carbons (Fsp3) is 0.467. The van der Waals surface area contributed by atoms with Gasteiger partial charge in [-0.05, 0) is 19.8 Å². The number of rotatable bonds is 7. The van der Waals surface area contributed by atoms with E-state index in [2.05, 4.69) is 6.92 Å². The number of hydrogen-bond donors (Lipinski definition) is 1. The van der Waals surface area contributed by atoms with Crippen LogP contribution in [-0.4, -0.2) is 11.5 Å². The lowest BCUT2D eigenvalue weighted by Gasteiger charge is -2.03. The summed E-state index contributed by atoms with van der Waals surface area (Å²) < 4.78 is 0. The quantitative estimate of drug-likeness (QED) is 0.427. The molecule has 1 rings (SSSR count). The molecule has 92 valence electrons. The van der Waals surface area contributed by atoms with Gasteiger partial charge in [0.1, 0.15) is 0 Å². The number of nitrogens with one attached hydrogen (secondary N) is 1. The minimum atomic E-state index is -0.124. The van der Waals surface area contributed by atoms with Crippen molar-refractivity contribution < 1.29 is 4.79 Å². The van der Waals surface area contributed by atoms with Gasteiger partial charge in [0.25, 0.3) is 0 Å². The van der Waals surface area contributed by atoms with Gasteiger partial charge >= 0.3 is 0 Å². The Bertz CT molecular complexity index is 378. The number of ketones is 1. The molecule has 0 aliphatic carbocycles. The fourth-order valence-corrected chi connectivity index (χ4v) is 1.72. The summed E-state index contributed by atoms with van der Waals surface area (Å²) in [5.41, 5.74) is 2.01. The summed E-state index contributed by atoms with van der Waals surface area (Å²) in [4.78, 5) is 11.9. The van der Waals surface area contributed by atoms with Crippen LogP contribution in [0, 0.1) is 12.3 Å². The number of carbonyl (C=O) groups excluding carboxylic acids is 1. The van der Waals surface area contributed by atoms with Gasteiger partial charge in [0, 0.05) is 5.56 Å². The van der Waals surface area contributed by atoms with Gasteiger partial charge in [-0.2, -0.15) is 0 Å². The van der Waals surface area contributed by atoms with Crippen molar-refractivity contribution in [2.24, 2.45) is 0 Å². The molecule has 0 fully saturated rings. The zero-order chi connectivity index (χ0) is 12.7. The summed E-state index contributed by atoms with van der Waals surface area (Å²) in [6.07, 6.45) is 5.03. The molecular formula is C15H21NO. The Morgan fingerprint density at radius 1 is 1.12 bits per heavy atom. The second-order valence-corrected chi connectivity index (χ2v) is 4.48. The second kappa shape index (κ2) is 7.00. The Hall–Kier alpha value is -1.44. The van der Waals surface area contributed by atoms with Crippen molar-refractivity contribution in [3.05, 3.63) is 35.4 Å². The van der Waals surface area contributed by atoms with E-state index in [9.17, 15) is 4.79 Å². The molecule has 0 bridgehead atoms. The molecule has 0 unspecified atom stereocenters. The van der Waals surface area contributed by atoms with Gasteiger partial charge in [-0.25, -0.2) is 0 Å². The zero-order valence-electron chi connectivity index (χ0n) is 10.8. The van der Waals surface area contributed by atoms with Crippen LogP contribution in [0.2, 0.25) is 0 Å². The Morgan fingerprint density at radius 2 is 1.76 bits per heavy atom. The van der Waals surface area contributed by atoms with Crippen LogP contribution in [0.4, 0.5) is 0 Å². The van der Waals surface area contributed by atoms with E-state index in [1.165, 1.54) is 12.8 Å². The Balaban J connectivity index is 2.46. The van der Waals surface area contributed by atoms with Crippen LogP contribution in [0.5, 0.6) is 0 Å². The maximum Gasteiger partial charge on any atom is 0.206 e. The number of Topliss-reactive ketones (excluding diaryl/α,β-unsaturated/α-hetero) is 1. The van der Waals surface area contributed by atoms with E-state index in [-0.39, 0.29) is 11.5 Å². The Labute approximate surface area is 104 Å². The minimum absolute atomic E-state index is 0.124. The predicted octanol–water partition coefficient (Wildman–Crippen LogP) is 4.17.